The van der Waals surface area contributed by atoms with E-state index in [9.17, 15) is 14.0 Å². The summed E-state index contributed by atoms with van der Waals surface area (Å²) in [5.41, 5.74) is 1.54. The molecule has 2 aliphatic heterocycles. The molecule has 2 saturated heterocycles. The van der Waals surface area contributed by atoms with E-state index in [1.807, 2.05) is 12.1 Å². The number of amides is 2. The molecule has 2 amide bonds. The molecule has 158 valence electrons. The Balaban J connectivity index is 1.26. The molecule has 5 nitrogen and oxygen atoms in total. The second kappa shape index (κ2) is 9.14. The monoisotopic (exact) mass is 429 g/mol. The molecule has 2 atom stereocenters. The van der Waals surface area contributed by atoms with Crippen LogP contribution in [0.4, 0.5) is 4.39 Å². The fraction of sp³-hybridized carbons (Fsp3) is 0.391. The minimum atomic E-state index is -0.318. The van der Waals surface area contributed by atoms with Gasteiger partial charge in [0.1, 0.15) is 5.82 Å². The van der Waals surface area contributed by atoms with E-state index in [2.05, 4.69) is 15.5 Å². The summed E-state index contributed by atoms with van der Waals surface area (Å²) >= 11 is 5.90. The van der Waals surface area contributed by atoms with E-state index in [1.165, 1.54) is 12.1 Å². The second-order valence-electron chi connectivity index (χ2n) is 8.11. The summed E-state index contributed by atoms with van der Waals surface area (Å²) in [6.07, 6.45) is 4.02. The standard InChI is InChI=1S/C23H25ClFN3O2/c24-17-3-1-2-16(10-17)23(30)26-13-22(29)27-19-11-20-8-9-21(12-19)28(20)14-15-4-6-18(25)7-5-15/h1-7,10,19-21H,8-9,11-14H2,(H,26,30)(H,27,29). The van der Waals surface area contributed by atoms with Crippen molar-refractivity contribution in [1.29, 1.82) is 0 Å². The summed E-state index contributed by atoms with van der Waals surface area (Å²) in [6, 6.07) is 14.3. The largest absolute Gasteiger partial charge is 0.352 e. The van der Waals surface area contributed by atoms with Crippen LogP contribution >= 0.6 is 11.6 Å². The molecule has 4 rings (SSSR count). The maximum atomic E-state index is 13.1. The number of hydrogen-bond donors (Lipinski definition) is 2. The van der Waals surface area contributed by atoms with Gasteiger partial charge in [0.15, 0.2) is 0 Å². The van der Waals surface area contributed by atoms with Gasteiger partial charge in [-0.3, -0.25) is 14.5 Å². The fourth-order valence-corrected chi connectivity index (χ4v) is 4.81. The van der Waals surface area contributed by atoms with Gasteiger partial charge in [0.2, 0.25) is 5.91 Å². The zero-order valence-corrected chi connectivity index (χ0v) is 17.4. The van der Waals surface area contributed by atoms with Crippen LogP contribution in [0.3, 0.4) is 0 Å². The number of halogens is 2. The van der Waals surface area contributed by atoms with Crippen LogP contribution in [0.5, 0.6) is 0 Å². The Morgan fingerprint density at radius 1 is 1.07 bits per heavy atom. The molecule has 0 aromatic heterocycles. The molecule has 2 N–H and O–H groups in total. The lowest BCUT2D eigenvalue weighted by atomic mass is 9.96. The fourth-order valence-electron chi connectivity index (χ4n) is 4.62. The lowest BCUT2D eigenvalue weighted by Gasteiger charge is -2.39. The Kier molecular flexibility index (Phi) is 6.35. The van der Waals surface area contributed by atoms with E-state index >= 15 is 0 Å². The SMILES string of the molecule is O=C(CNC(=O)c1cccc(Cl)c1)NC1CC2CCC(C1)N2Cc1ccc(F)cc1. The molecule has 2 aromatic rings. The molecule has 0 saturated carbocycles. The first-order chi connectivity index (χ1) is 14.5. The molecule has 2 unspecified atom stereocenters. The van der Waals surface area contributed by atoms with Gasteiger partial charge in [0.05, 0.1) is 6.54 Å². The maximum absolute atomic E-state index is 13.1. The Bertz CT molecular complexity index is 907. The van der Waals surface area contributed by atoms with Crippen molar-refractivity contribution >= 4 is 23.4 Å². The average molecular weight is 430 g/mol. The van der Waals surface area contributed by atoms with Crippen molar-refractivity contribution in [3.05, 3.63) is 70.5 Å². The third kappa shape index (κ3) is 4.99. The first kappa shape index (κ1) is 20.8. The predicted octanol–water partition coefficient (Wildman–Crippen LogP) is 3.52. The van der Waals surface area contributed by atoms with E-state index in [-0.39, 0.29) is 30.2 Å². The van der Waals surface area contributed by atoms with Gasteiger partial charge in [0, 0.05) is 35.3 Å². The Morgan fingerprint density at radius 2 is 1.77 bits per heavy atom. The van der Waals surface area contributed by atoms with E-state index in [0.29, 0.717) is 22.7 Å². The van der Waals surface area contributed by atoms with Gasteiger partial charge < -0.3 is 10.6 Å². The summed E-state index contributed by atoms with van der Waals surface area (Å²) in [5, 5.41) is 6.20. The van der Waals surface area contributed by atoms with Crippen molar-refractivity contribution in [2.45, 2.75) is 50.4 Å². The molecule has 0 aliphatic carbocycles. The van der Waals surface area contributed by atoms with Gasteiger partial charge in [-0.05, 0) is 61.6 Å². The first-order valence-electron chi connectivity index (χ1n) is 10.3. The minimum Gasteiger partial charge on any atom is -0.352 e. The van der Waals surface area contributed by atoms with Crippen molar-refractivity contribution in [2.75, 3.05) is 6.54 Å². The number of rotatable bonds is 6. The number of carbonyl (C=O) groups excluding carboxylic acids is 2. The molecular formula is C23H25ClFN3O2. The Morgan fingerprint density at radius 3 is 2.43 bits per heavy atom. The molecule has 2 fully saturated rings. The summed E-state index contributed by atoms with van der Waals surface area (Å²) < 4.78 is 13.1. The van der Waals surface area contributed by atoms with Crippen LogP contribution in [-0.4, -0.2) is 41.4 Å². The van der Waals surface area contributed by atoms with E-state index in [0.717, 1.165) is 37.8 Å². The van der Waals surface area contributed by atoms with Crippen molar-refractivity contribution in [3.63, 3.8) is 0 Å². The van der Waals surface area contributed by atoms with Gasteiger partial charge in [-0.25, -0.2) is 4.39 Å². The maximum Gasteiger partial charge on any atom is 0.251 e. The highest BCUT2D eigenvalue weighted by Gasteiger charge is 2.40. The van der Waals surface area contributed by atoms with Crippen molar-refractivity contribution in [1.82, 2.24) is 15.5 Å². The van der Waals surface area contributed by atoms with Crippen molar-refractivity contribution < 1.29 is 14.0 Å². The van der Waals surface area contributed by atoms with Crippen molar-refractivity contribution in [2.24, 2.45) is 0 Å². The Hall–Kier alpha value is -2.44. The van der Waals surface area contributed by atoms with Crippen LogP contribution in [0, 0.1) is 5.82 Å². The van der Waals surface area contributed by atoms with Crippen LogP contribution in [0.1, 0.15) is 41.6 Å². The van der Waals surface area contributed by atoms with Crippen LogP contribution in [-0.2, 0) is 11.3 Å². The number of piperidine rings is 1. The molecular weight excluding hydrogens is 405 g/mol. The van der Waals surface area contributed by atoms with Crippen molar-refractivity contribution in [3.8, 4) is 0 Å². The highest BCUT2D eigenvalue weighted by molar-refractivity contribution is 6.30. The van der Waals surface area contributed by atoms with E-state index < -0.39 is 0 Å². The molecule has 0 radical (unpaired) electrons. The third-order valence-corrected chi connectivity index (χ3v) is 6.26. The van der Waals surface area contributed by atoms with Gasteiger partial charge in [-0.2, -0.15) is 0 Å². The molecule has 30 heavy (non-hydrogen) atoms. The minimum absolute atomic E-state index is 0.0591. The zero-order chi connectivity index (χ0) is 21.1. The van der Waals surface area contributed by atoms with E-state index in [4.69, 9.17) is 11.6 Å². The second-order valence-corrected chi connectivity index (χ2v) is 8.55. The molecule has 0 spiro atoms. The number of carbonyl (C=O) groups is 2. The zero-order valence-electron chi connectivity index (χ0n) is 16.6. The van der Waals surface area contributed by atoms with Crippen LogP contribution in [0.15, 0.2) is 48.5 Å². The summed E-state index contributed by atoms with van der Waals surface area (Å²) in [5.74, 6) is -0.714. The number of hydrogen-bond acceptors (Lipinski definition) is 3. The number of fused-ring (bicyclic) bond motifs is 2. The first-order valence-corrected chi connectivity index (χ1v) is 10.7. The van der Waals surface area contributed by atoms with Gasteiger partial charge in [0.25, 0.3) is 5.91 Å². The molecule has 2 heterocycles. The van der Waals surface area contributed by atoms with Gasteiger partial charge >= 0.3 is 0 Å². The third-order valence-electron chi connectivity index (χ3n) is 6.02. The molecule has 2 aliphatic rings. The summed E-state index contributed by atoms with van der Waals surface area (Å²) in [7, 11) is 0. The average Bonchev–Trinajstić information content (AvgIpc) is 2.95. The normalized spacial score (nSPS) is 23.2. The lowest BCUT2D eigenvalue weighted by Crippen LogP contribution is -2.51. The highest BCUT2D eigenvalue weighted by Crippen LogP contribution is 2.36. The van der Waals surface area contributed by atoms with Gasteiger partial charge in [-0.1, -0.05) is 29.8 Å². The van der Waals surface area contributed by atoms with Crippen LogP contribution < -0.4 is 10.6 Å². The van der Waals surface area contributed by atoms with Crippen LogP contribution in [0.2, 0.25) is 5.02 Å². The van der Waals surface area contributed by atoms with Crippen LogP contribution in [0.25, 0.3) is 0 Å². The molecule has 2 aromatic carbocycles. The molecule has 2 bridgehead atoms. The number of nitrogens with zero attached hydrogens (tertiary/aromatic N) is 1. The highest BCUT2D eigenvalue weighted by atomic mass is 35.5. The number of benzene rings is 2. The predicted molar refractivity (Wildman–Crippen MR) is 114 cm³/mol. The van der Waals surface area contributed by atoms with E-state index in [1.54, 1.807) is 24.3 Å². The quantitative estimate of drug-likeness (QED) is 0.738. The smallest absolute Gasteiger partial charge is 0.251 e. The molecule has 7 heteroatoms. The van der Waals surface area contributed by atoms with Gasteiger partial charge in [-0.15, -0.1) is 0 Å². The topological polar surface area (TPSA) is 61.4 Å². The summed E-state index contributed by atoms with van der Waals surface area (Å²) in [4.78, 5) is 27.0. The lowest BCUT2D eigenvalue weighted by molar-refractivity contribution is -0.121. The summed E-state index contributed by atoms with van der Waals surface area (Å²) in [6.45, 7) is 0.752. The number of nitrogens with one attached hydrogen (secondary N) is 2. The Labute approximate surface area is 180 Å².